The number of nitrogens with one attached hydrogen (secondary N) is 1. The number of aromatic nitrogens is 2. The van der Waals surface area contributed by atoms with Gasteiger partial charge in [-0.3, -0.25) is 14.8 Å². The number of aromatic amines is 1. The third-order valence-corrected chi connectivity index (χ3v) is 6.32. The second-order valence-corrected chi connectivity index (χ2v) is 8.36. The van der Waals surface area contributed by atoms with Crippen LogP contribution < -0.4 is 5.56 Å². The van der Waals surface area contributed by atoms with Gasteiger partial charge >= 0.3 is 0 Å². The summed E-state index contributed by atoms with van der Waals surface area (Å²) in [6.07, 6.45) is 6.16. The number of piperidine rings is 1. The van der Waals surface area contributed by atoms with Crippen LogP contribution >= 0.6 is 11.6 Å². The number of para-hydroxylation sites is 1. The molecule has 29 heavy (non-hydrogen) atoms. The first-order valence-corrected chi connectivity index (χ1v) is 10.9. The van der Waals surface area contributed by atoms with Crippen molar-refractivity contribution in [2.45, 2.75) is 38.6 Å². The molecule has 3 aromatic rings. The van der Waals surface area contributed by atoms with E-state index in [2.05, 4.69) is 40.3 Å². The lowest BCUT2D eigenvalue weighted by Crippen LogP contribution is -2.33. The zero-order chi connectivity index (χ0) is 20.1. The third-order valence-electron chi connectivity index (χ3n) is 5.93. The van der Waals surface area contributed by atoms with Crippen LogP contribution in [-0.2, 0) is 13.0 Å². The predicted octanol–water partition coefficient (Wildman–Crippen LogP) is 5.05. The predicted molar refractivity (Wildman–Crippen MR) is 119 cm³/mol. The zero-order valence-corrected chi connectivity index (χ0v) is 17.4. The Morgan fingerprint density at radius 3 is 2.31 bits per heavy atom. The van der Waals surface area contributed by atoms with Crippen molar-refractivity contribution in [1.29, 1.82) is 0 Å². The number of rotatable bonds is 7. The zero-order valence-electron chi connectivity index (χ0n) is 16.7. The van der Waals surface area contributed by atoms with Crippen LogP contribution in [0, 0.1) is 5.92 Å². The topological polar surface area (TPSA) is 41.0 Å². The van der Waals surface area contributed by atoms with Crippen molar-refractivity contribution in [3.8, 4) is 5.69 Å². The molecule has 5 heteroatoms. The summed E-state index contributed by atoms with van der Waals surface area (Å²) in [7, 11) is 0. The number of halogens is 1. The van der Waals surface area contributed by atoms with E-state index in [4.69, 9.17) is 11.6 Å². The smallest absolute Gasteiger partial charge is 0.290 e. The van der Waals surface area contributed by atoms with Gasteiger partial charge in [0.2, 0.25) is 0 Å². The fraction of sp³-hybridized carbons (Fsp3) is 0.375. The second kappa shape index (κ2) is 9.47. The Hall–Kier alpha value is -2.30. The molecule has 1 aliphatic rings. The molecule has 1 N–H and O–H groups in total. The quantitative estimate of drug-likeness (QED) is 0.593. The van der Waals surface area contributed by atoms with Gasteiger partial charge in [0.05, 0.1) is 11.4 Å². The molecule has 0 amide bonds. The molecule has 1 saturated heterocycles. The lowest BCUT2D eigenvalue weighted by atomic mass is 9.90. The molecule has 0 aliphatic carbocycles. The minimum absolute atomic E-state index is 0.177. The molecule has 0 saturated carbocycles. The van der Waals surface area contributed by atoms with Crippen molar-refractivity contribution in [1.82, 2.24) is 14.7 Å². The molecular formula is C24H28ClN3O. The summed E-state index contributed by atoms with van der Waals surface area (Å²) in [4.78, 5) is 14.9. The highest BCUT2D eigenvalue weighted by atomic mass is 35.5. The van der Waals surface area contributed by atoms with Crippen LogP contribution in [-0.4, -0.2) is 27.8 Å². The van der Waals surface area contributed by atoms with Crippen molar-refractivity contribution in [2.75, 3.05) is 13.1 Å². The molecule has 0 unspecified atom stereocenters. The van der Waals surface area contributed by atoms with Gasteiger partial charge in [0.15, 0.2) is 0 Å². The van der Waals surface area contributed by atoms with Gasteiger partial charge in [-0.05, 0) is 62.4 Å². The Labute approximate surface area is 177 Å². The van der Waals surface area contributed by atoms with E-state index in [1.54, 1.807) is 0 Å². The molecule has 0 spiro atoms. The fourth-order valence-corrected chi connectivity index (χ4v) is 4.41. The van der Waals surface area contributed by atoms with Gasteiger partial charge in [-0.2, -0.15) is 0 Å². The number of H-pyrrole nitrogens is 1. The molecule has 0 bridgehead atoms. The van der Waals surface area contributed by atoms with E-state index >= 15 is 0 Å². The summed E-state index contributed by atoms with van der Waals surface area (Å²) in [6.45, 7) is 2.82. The van der Waals surface area contributed by atoms with E-state index in [-0.39, 0.29) is 5.56 Å². The molecule has 0 atom stereocenters. The molecular weight excluding hydrogens is 382 g/mol. The molecule has 0 radical (unpaired) electrons. The Morgan fingerprint density at radius 2 is 1.62 bits per heavy atom. The summed E-state index contributed by atoms with van der Waals surface area (Å²) >= 11 is 6.35. The summed E-state index contributed by atoms with van der Waals surface area (Å²) in [5, 5.41) is 3.51. The maximum atomic E-state index is 12.5. The van der Waals surface area contributed by atoms with Crippen molar-refractivity contribution in [3.63, 3.8) is 0 Å². The van der Waals surface area contributed by atoms with E-state index in [9.17, 15) is 4.79 Å². The van der Waals surface area contributed by atoms with Crippen molar-refractivity contribution >= 4 is 11.6 Å². The molecule has 1 aliphatic heterocycles. The van der Waals surface area contributed by atoms with Crippen LogP contribution in [0.15, 0.2) is 65.5 Å². The normalized spacial score (nSPS) is 15.6. The SMILES string of the molecule is O=c1c(Cl)c(CN2CCC(CCCc3ccccc3)CC2)[nH]n1-c1ccccc1. The van der Waals surface area contributed by atoms with Crippen LogP contribution in [0.1, 0.15) is 36.9 Å². The lowest BCUT2D eigenvalue weighted by molar-refractivity contribution is 0.169. The van der Waals surface area contributed by atoms with Gasteiger partial charge in [0, 0.05) is 6.54 Å². The minimum atomic E-state index is -0.177. The van der Waals surface area contributed by atoms with E-state index < -0.39 is 0 Å². The number of likely N-dealkylation sites (tertiary alicyclic amines) is 1. The van der Waals surface area contributed by atoms with Crippen LogP contribution in [0.4, 0.5) is 0 Å². The van der Waals surface area contributed by atoms with Gasteiger partial charge in [-0.15, -0.1) is 0 Å². The molecule has 2 heterocycles. The molecule has 2 aromatic carbocycles. The summed E-state index contributed by atoms with van der Waals surface area (Å²) in [5.74, 6) is 0.804. The number of benzene rings is 2. The molecule has 4 nitrogen and oxygen atoms in total. The first kappa shape index (κ1) is 20.0. The van der Waals surface area contributed by atoms with Crippen LogP contribution in [0.3, 0.4) is 0 Å². The Bertz CT molecular complexity index is 957. The van der Waals surface area contributed by atoms with Crippen LogP contribution in [0.2, 0.25) is 5.02 Å². The minimum Gasteiger partial charge on any atom is -0.297 e. The van der Waals surface area contributed by atoms with Gasteiger partial charge in [0.25, 0.3) is 5.56 Å². The molecule has 152 valence electrons. The Balaban J connectivity index is 1.28. The standard InChI is InChI=1S/C24H28ClN3O/c25-23-22(26-28(24(23)29)21-12-5-2-6-13-21)18-27-16-14-20(15-17-27)11-7-10-19-8-3-1-4-9-19/h1-6,8-9,12-13,20,26H,7,10-11,14-18H2. The first-order valence-electron chi connectivity index (χ1n) is 10.5. The Kier molecular flexibility index (Phi) is 6.53. The van der Waals surface area contributed by atoms with Gasteiger partial charge < -0.3 is 0 Å². The summed E-state index contributed by atoms with van der Waals surface area (Å²) in [6, 6.07) is 20.3. The lowest BCUT2D eigenvalue weighted by Gasteiger charge is -2.31. The summed E-state index contributed by atoms with van der Waals surface area (Å²) < 4.78 is 1.54. The van der Waals surface area contributed by atoms with E-state index in [0.717, 1.165) is 30.4 Å². The second-order valence-electron chi connectivity index (χ2n) is 7.98. The average Bonchev–Trinajstić information content (AvgIpc) is 3.05. The number of nitrogens with zero attached hydrogens (tertiary/aromatic N) is 2. The van der Waals surface area contributed by atoms with Crippen molar-refractivity contribution < 1.29 is 0 Å². The third kappa shape index (κ3) is 5.01. The van der Waals surface area contributed by atoms with Crippen LogP contribution in [0.5, 0.6) is 0 Å². The summed E-state index contributed by atoms with van der Waals surface area (Å²) in [5.41, 5.74) is 2.88. The highest BCUT2D eigenvalue weighted by Crippen LogP contribution is 2.24. The van der Waals surface area contributed by atoms with Gasteiger partial charge in [0.1, 0.15) is 5.02 Å². The van der Waals surface area contributed by atoms with Crippen LogP contribution in [0.25, 0.3) is 5.69 Å². The maximum Gasteiger partial charge on any atom is 0.290 e. The van der Waals surface area contributed by atoms with Gasteiger partial charge in [-0.25, -0.2) is 4.68 Å². The van der Waals surface area contributed by atoms with E-state index in [1.165, 1.54) is 42.3 Å². The average molecular weight is 410 g/mol. The molecule has 1 aromatic heterocycles. The van der Waals surface area contributed by atoms with E-state index in [1.807, 2.05) is 30.3 Å². The molecule has 4 rings (SSSR count). The monoisotopic (exact) mass is 409 g/mol. The maximum absolute atomic E-state index is 12.5. The highest BCUT2D eigenvalue weighted by molar-refractivity contribution is 6.31. The van der Waals surface area contributed by atoms with E-state index in [0.29, 0.717) is 11.6 Å². The fourth-order valence-electron chi connectivity index (χ4n) is 4.22. The largest absolute Gasteiger partial charge is 0.297 e. The first-order chi connectivity index (χ1) is 14.2. The number of aryl methyl sites for hydroxylation is 1. The number of hydrogen-bond donors (Lipinski definition) is 1. The highest BCUT2D eigenvalue weighted by Gasteiger charge is 2.21. The number of hydrogen-bond acceptors (Lipinski definition) is 2. The Morgan fingerprint density at radius 1 is 0.966 bits per heavy atom. The van der Waals surface area contributed by atoms with Crippen molar-refractivity contribution in [2.24, 2.45) is 5.92 Å². The molecule has 1 fully saturated rings. The van der Waals surface area contributed by atoms with Crippen molar-refractivity contribution in [3.05, 3.63) is 87.3 Å². The van der Waals surface area contributed by atoms with Gasteiger partial charge in [-0.1, -0.05) is 66.6 Å².